The molecule has 0 saturated heterocycles. The maximum Gasteiger partial charge on any atom is 0.257 e. The van der Waals surface area contributed by atoms with Gasteiger partial charge in [0.25, 0.3) is 11.8 Å². The second-order valence-electron chi connectivity index (χ2n) is 9.46. The molecule has 4 rings (SSSR count). The monoisotopic (exact) mass is 510 g/mol. The summed E-state index contributed by atoms with van der Waals surface area (Å²) >= 11 is 0. The van der Waals surface area contributed by atoms with Crippen molar-refractivity contribution in [3.8, 4) is 11.4 Å². The summed E-state index contributed by atoms with van der Waals surface area (Å²) in [5.74, 6) is 0.220. The summed E-state index contributed by atoms with van der Waals surface area (Å²) in [4.78, 5) is 36.1. The topological polar surface area (TPSA) is 92.2 Å². The second-order valence-corrected chi connectivity index (χ2v) is 9.46. The van der Waals surface area contributed by atoms with Gasteiger partial charge in [-0.3, -0.25) is 9.59 Å². The van der Waals surface area contributed by atoms with Crippen molar-refractivity contribution in [2.45, 2.75) is 33.6 Å². The highest BCUT2D eigenvalue weighted by molar-refractivity contribution is 6.05. The number of carbonyl (C=O) groups is 2. The first kappa shape index (κ1) is 26.6. The van der Waals surface area contributed by atoms with Crippen LogP contribution in [0.5, 0.6) is 0 Å². The van der Waals surface area contributed by atoms with E-state index in [1.54, 1.807) is 31.3 Å². The highest BCUT2D eigenvalue weighted by Gasteiger charge is 2.17. The number of aryl methyl sites for hydroxylation is 4. The van der Waals surface area contributed by atoms with Gasteiger partial charge in [0.1, 0.15) is 0 Å². The van der Waals surface area contributed by atoms with Crippen molar-refractivity contribution < 1.29 is 9.59 Å². The molecule has 4 aromatic rings. The average molecular weight is 511 g/mol. The molecule has 2 aromatic carbocycles. The molecule has 0 aliphatic carbocycles. The average Bonchev–Trinajstić information content (AvgIpc) is 3.31. The zero-order chi connectivity index (χ0) is 27.4. The van der Waals surface area contributed by atoms with Gasteiger partial charge in [-0.25, -0.2) is 9.97 Å². The van der Waals surface area contributed by atoms with E-state index >= 15 is 0 Å². The molecule has 2 N–H and O–H groups in total. The van der Waals surface area contributed by atoms with Crippen LogP contribution in [0.4, 0.5) is 17.3 Å². The summed E-state index contributed by atoms with van der Waals surface area (Å²) in [7, 11) is 5.35. The van der Waals surface area contributed by atoms with Crippen LogP contribution >= 0.6 is 0 Å². The van der Waals surface area contributed by atoms with E-state index in [-0.39, 0.29) is 11.8 Å². The summed E-state index contributed by atoms with van der Waals surface area (Å²) in [6.45, 7) is 6.11. The van der Waals surface area contributed by atoms with Crippen LogP contribution in [-0.2, 0) is 19.9 Å². The van der Waals surface area contributed by atoms with Gasteiger partial charge in [-0.05, 0) is 66.8 Å². The van der Waals surface area contributed by atoms with Crippen molar-refractivity contribution >= 4 is 29.1 Å². The van der Waals surface area contributed by atoms with E-state index in [0.29, 0.717) is 22.8 Å². The van der Waals surface area contributed by atoms with Crippen LogP contribution in [0.1, 0.15) is 51.3 Å². The Bertz CT molecular complexity index is 1470. The Morgan fingerprint density at radius 3 is 2.32 bits per heavy atom. The molecule has 0 atom stereocenters. The zero-order valence-corrected chi connectivity index (χ0v) is 22.8. The van der Waals surface area contributed by atoms with E-state index in [1.807, 2.05) is 55.1 Å². The molecule has 2 amide bonds. The highest BCUT2D eigenvalue weighted by atomic mass is 16.2. The van der Waals surface area contributed by atoms with E-state index in [2.05, 4.69) is 46.6 Å². The first-order valence-corrected chi connectivity index (χ1v) is 12.7. The van der Waals surface area contributed by atoms with Crippen molar-refractivity contribution in [2.75, 3.05) is 24.7 Å². The number of carbonyl (C=O) groups excluding carboxylic acids is 2. The maximum absolute atomic E-state index is 13.2. The number of benzene rings is 2. The van der Waals surface area contributed by atoms with Crippen LogP contribution in [0, 0.1) is 6.92 Å². The van der Waals surface area contributed by atoms with E-state index in [1.165, 1.54) is 0 Å². The van der Waals surface area contributed by atoms with Gasteiger partial charge < -0.3 is 20.1 Å². The largest absolute Gasteiger partial charge is 0.348 e. The minimum Gasteiger partial charge on any atom is -0.348 e. The molecule has 8 heteroatoms. The van der Waals surface area contributed by atoms with Crippen molar-refractivity contribution in [2.24, 2.45) is 7.05 Å². The summed E-state index contributed by atoms with van der Waals surface area (Å²) in [6, 6.07) is 15.3. The molecule has 0 fully saturated rings. The highest BCUT2D eigenvalue weighted by Crippen LogP contribution is 2.26. The van der Waals surface area contributed by atoms with Gasteiger partial charge in [-0.2, -0.15) is 0 Å². The van der Waals surface area contributed by atoms with Gasteiger partial charge in [-0.15, -0.1) is 0 Å². The maximum atomic E-state index is 13.2. The zero-order valence-electron chi connectivity index (χ0n) is 22.8. The quantitative estimate of drug-likeness (QED) is 0.321. The number of para-hydroxylation sites is 1. The minimum absolute atomic E-state index is 0.0504. The molecule has 0 aliphatic rings. The van der Waals surface area contributed by atoms with Crippen LogP contribution < -0.4 is 10.6 Å². The Labute approximate surface area is 223 Å². The summed E-state index contributed by atoms with van der Waals surface area (Å²) in [5, 5.41) is 6.38. The Morgan fingerprint density at radius 1 is 0.974 bits per heavy atom. The third-order valence-electron chi connectivity index (χ3n) is 6.55. The Kier molecular flexibility index (Phi) is 7.90. The molecule has 0 spiro atoms. The molecule has 0 bridgehead atoms. The number of hydrogen-bond donors (Lipinski definition) is 2. The Hall–Kier alpha value is -4.46. The Morgan fingerprint density at radius 2 is 1.68 bits per heavy atom. The first-order valence-electron chi connectivity index (χ1n) is 12.7. The van der Waals surface area contributed by atoms with Crippen LogP contribution in [0.2, 0.25) is 0 Å². The van der Waals surface area contributed by atoms with Gasteiger partial charge in [0.2, 0.25) is 5.95 Å². The van der Waals surface area contributed by atoms with Gasteiger partial charge in [0, 0.05) is 50.5 Å². The molecule has 2 heterocycles. The standard InChI is InChI=1S/C30H34N6O2/c1-7-20-10-9-11-21(8-2)27(20)34-28(37)23-17-26(36(6)18-23)25-14-15-31-30(33-25)32-24-13-12-22(16-19(24)3)29(38)35(4)5/h9-18H,7-8H2,1-6H3,(H,34,37)(H,31,32,33). The number of rotatable bonds is 8. The lowest BCUT2D eigenvalue weighted by Crippen LogP contribution is -2.21. The lowest BCUT2D eigenvalue weighted by atomic mass is 10.0. The number of nitrogens with zero attached hydrogens (tertiary/aromatic N) is 4. The number of anilines is 3. The minimum atomic E-state index is -0.155. The SMILES string of the molecule is CCc1cccc(CC)c1NC(=O)c1cc(-c2ccnc(Nc3ccc(C(=O)N(C)C)cc3C)n2)n(C)c1. The number of hydrogen-bond acceptors (Lipinski definition) is 5. The summed E-state index contributed by atoms with van der Waals surface area (Å²) < 4.78 is 1.89. The van der Waals surface area contributed by atoms with Crippen LogP contribution in [-0.4, -0.2) is 45.3 Å². The fraction of sp³-hybridized carbons (Fsp3) is 0.267. The second kappa shape index (κ2) is 11.3. The predicted octanol–water partition coefficient (Wildman–Crippen LogP) is 5.61. The van der Waals surface area contributed by atoms with Crippen molar-refractivity contribution in [3.63, 3.8) is 0 Å². The first-order chi connectivity index (χ1) is 18.2. The van der Waals surface area contributed by atoms with Gasteiger partial charge in [0.15, 0.2) is 0 Å². The van der Waals surface area contributed by atoms with Crippen LogP contribution in [0.3, 0.4) is 0 Å². The smallest absolute Gasteiger partial charge is 0.257 e. The van der Waals surface area contributed by atoms with Crippen molar-refractivity contribution in [1.29, 1.82) is 0 Å². The van der Waals surface area contributed by atoms with Gasteiger partial charge in [0.05, 0.1) is 17.0 Å². The molecule has 2 aromatic heterocycles. The van der Waals surface area contributed by atoms with E-state index in [9.17, 15) is 9.59 Å². The molecular formula is C30H34N6O2. The lowest BCUT2D eigenvalue weighted by Gasteiger charge is -2.14. The molecule has 196 valence electrons. The van der Waals surface area contributed by atoms with E-state index in [4.69, 9.17) is 0 Å². The van der Waals surface area contributed by atoms with E-state index < -0.39 is 0 Å². The summed E-state index contributed by atoms with van der Waals surface area (Å²) in [6.07, 6.45) is 5.18. The molecule has 0 unspecified atom stereocenters. The summed E-state index contributed by atoms with van der Waals surface area (Å²) in [5.41, 5.74) is 7.51. The number of amides is 2. The number of nitrogens with one attached hydrogen (secondary N) is 2. The molecule has 0 saturated carbocycles. The number of aromatic nitrogens is 3. The molecule has 8 nitrogen and oxygen atoms in total. The van der Waals surface area contributed by atoms with E-state index in [0.717, 1.165) is 46.6 Å². The molecular weight excluding hydrogens is 476 g/mol. The van der Waals surface area contributed by atoms with Crippen LogP contribution in [0.15, 0.2) is 60.9 Å². The normalized spacial score (nSPS) is 10.8. The van der Waals surface area contributed by atoms with Crippen LogP contribution in [0.25, 0.3) is 11.4 Å². The van der Waals surface area contributed by atoms with Crippen molar-refractivity contribution in [1.82, 2.24) is 19.4 Å². The Balaban J connectivity index is 1.56. The van der Waals surface area contributed by atoms with Gasteiger partial charge in [-0.1, -0.05) is 32.0 Å². The third-order valence-corrected chi connectivity index (χ3v) is 6.55. The lowest BCUT2D eigenvalue weighted by molar-refractivity contribution is 0.0827. The third kappa shape index (κ3) is 5.59. The van der Waals surface area contributed by atoms with Gasteiger partial charge >= 0.3 is 0 Å². The van der Waals surface area contributed by atoms with Crippen molar-refractivity contribution in [3.05, 3.63) is 88.7 Å². The predicted molar refractivity (Wildman–Crippen MR) is 152 cm³/mol. The molecule has 0 aliphatic heterocycles. The fourth-order valence-corrected chi connectivity index (χ4v) is 4.41. The molecule has 0 radical (unpaired) electrons. The fourth-order valence-electron chi connectivity index (χ4n) is 4.41. The molecule has 38 heavy (non-hydrogen) atoms.